The first-order valence-electron chi connectivity index (χ1n) is 5.60. The Bertz CT molecular complexity index is 669. The van der Waals surface area contributed by atoms with Crippen LogP contribution in [0.25, 0.3) is 0 Å². The number of carbonyl (C=O) groups is 1. The minimum Gasteiger partial charge on any atom is -0.316 e. The molecule has 0 saturated carbocycles. The fourth-order valence-corrected chi connectivity index (χ4v) is 1.77. The van der Waals surface area contributed by atoms with Gasteiger partial charge in [-0.05, 0) is 17.7 Å². The number of nitrogens with zero attached hydrogens (tertiary/aromatic N) is 2. The zero-order valence-corrected chi connectivity index (χ0v) is 11.0. The maximum Gasteiger partial charge on any atom is 0.471 e. The normalized spacial score (nSPS) is 11.5. The lowest BCUT2D eigenvalue weighted by Gasteiger charge is -2.06. The van der Waals surface area contributed by atoms with Crippen LogP contribution < -0.4 is 5.32 Å². The summed E-state index contributed by atoms with van der Waals surface area (Å²) in [5.41, 5.74) is 0.436. The summed E-state index contributed by atoms with van der Waals surface area (Å²) >= 11 is 5.83. The number of nitrogens with one attached hydrogen (secondary N) is 1. The SMILES string of the molecule is O=C(Nc1cnn(Cc2ccc(F)cc2Cl)c1)C(F)(F)F. The van der Waals surface area contributed by atoms with Crippen molar-refractivity contribution in [3.05, 3.63) is 47.0 Å². The van der Waals surface area contributed by atoms with Crippen LogP contribution in [0.15, 0.2) is 30.6 Å². The highest BCUT2D eigenvalue weighted by atomic mass is 35.5. The van der Waals surface area contributed by atoms with Crippen molar-refractivity contribution < 1.29 is 22.4 Å². The molecule has 0 saturated heterocycles. The average Bonchev–Trinajstić information content (AvgIpc) is 2.79. The molecule has 1 N–H and O–H groups in total. The van der Waals surface area contributed by atoms with Crippen LogP contribution in [0.3, 0.4) is 0 Å². The minimum absolute atomic E-state index is 0.101. The molecular weight excluding hydrogens is 314 g/mol. The van der Waals surface area contributed by atoms with E-state index >= 15 is 0 Å². The lowest BCUT2D eigenvalue weighted by atomic mass is 10.2. The van der Waals surface area contributed by atoms with Crippen molar-refractivity contribution in [2.75, 3.05) is 5.32 Å². The van der Waals surface area contributed by atoms with Crippen molar-refractivity contribution in [3.8, 4) is 0 Å². The van der Waals surface area contributed by atoms with E-state index in [2.05, 4.69) is 5.10 Å². The lowest BCUT2D eigenvalue weighted by molar-refractivity contribution is -0.167. The van der Waals surface area contributed by atoms with Crippen molar-refractivity contribution >= 4 is 23.2 Å². The average molecular weight is 322 g/mol. The van der Waals surface area contributed by atoms with Crippen molar-refractivity contribution in [1.82, 2.24) is 9.78 Å². The van der Waals surface area contributed by atoms with E-state index in [1.54, 1.807) is 5.32 Å². The molecule has 1 aromatic heterocycles. The van der Waals surface area contributed by atoms with Crippen molar-refractivity contribution in [3.63, 3.8) is 0 Å². The zero-order valence-electron chi connectivity index (χ0n) is 10.3. The maximum absolute atomic E-state index is 12.9. The quantitative estimate of drug-likeness (QED) is 0.882. The Balaban J connectivity index is 2.08. The summed E-state index contributed by atoms with van der Waals surface area (Å²) in [6, 6.07) is 3.76. The molecule has 1 amide bonds. The molecule has 0 atom stereocenters. The molecular formula is C12H8ClF4N3O. The highest BCUT2D eigenvalue weighted by Gasteiger charge is 2.38. The third kappa shape index (κ3) is 3.94. The van der Waals surface area contributed by atoms with Gasteiger partial charge in [0, 0.05) is 11.2 Å². The molecule has 0 bridgehead atoms. The van der Waals surface area contributed by atoms with E-state index in [0.29, 0.717) is 5.56 Å². The van der Waals surface area contributed by atoms with Gasteiger partial charge in [0.1, 0.15) is 5.82 Å². The predicted octanol–water partition coefficient (Wildman–Crippen LogP) is 3.22. The molecule has 2 aromatic rings. The van der Waals surface area contributed by atoms with E-state index in [-0.39, 0.29) is 17.3 Å². The fourth-order valence-electron chi connectivity index (χ4n) is 1.54. The van der Waals surface area contributed by atoms with Gasteiger partial charge in [-0.1, -0.05) is 17.7 Å². The molecule has 0 spiro atoms. The summed E-state index contributed by atoms with van der Waals surface area (Å²) in [4.78, 5) is 10.8. The van der Waals surface area contributed by atoms with Gasteiger partial charge in [-0.2, -0.15) is 18.3 Å². The molecule has 1 aromatic carbocycles. The van der Waals surface area contributed by atoms with E-state index in [4.69, 9.17) is 11.6 Å². The number of benzene rings is 1. The number of alkyl halides is 3. The second-order valence-corrected chi connectivity index (χ2v) is 4.52. The first-order valence-corrected chi connectivity index (χ1v) is 5.98. The molecule has 112 valence electrons. The third-order valence-electron chi connectivity index (χ3n) is 2.50. The lowest BCUT2D eigenvalue weighted by Crippen LogP contribution is -2.29. The molecule has 4 nitrogen and oxygen atoms in total. The number of halogens is 5. The van der Waals surface area contributed by atoms with E-state index in [1.807, 2.05) is 0 Å². The predicted molar refractivity (Wildman–Crippen MR) is 67.4 cm³/mol. The van der Waals surface area contributed by atoms with Crippen LogP contribution in [0, 0.1) is 5.82 Å². The highest BCUT2D eigenvalue weighted by Crippen LogP contribution is 2.20. The molecule has 0 radical (unpaired) electrons. The van der Waals surface area contributed by atoms with Gasteiger partial charge in [0.2, 0.25) is 0 Å². The Morgan fingerprint density at radius 1 is 1.38 bits per heavy atom. The molecule has 9 heteroatoms. The summed E-state index contributed by atoms with van der Waals surface area (Å²) in [5, 5.41) is 5.64. The third-order valence-corrected chi connectivity index (χ3v) is 2.85. The van der Waals surface area contributed by atoms with Gasteiger partial charge in [-0.3, -0.25) is 9.48 Å². The smallest absolute Gasteiger partial charge is 0.316 e. The highest BCUT2D eigenvalue weighted by molar-refractivity contribution is 6.31. The first-order chi connectivity index (χ1) is 9.75. The number of amides is 1. The fraction of sp³-hybridized carbons (Fsp3) is 0.167. The summed E-state index contributed by atoms with van der Waals surface area (Å²) in [6.45, 7) is 0.126. The Morgan fingerprint density at radius 2 is 2.10 bits per heavy atom. The van der Waals surface area contributed by atoms with Crippen LogP contribution in [0.5, 0.6) is 0 Å². The van der Waals surface area contributed by atoms with Gasteiger partial charge < -0.3 is 5.32 Å². The molecule has 2 rings (SSSR count). The largest absolute Gasteiger partial charge is 0.471 e. The molecule has 0 aliphatic rings. The van der Waals surface area contributed by atoms with E-state index < -0.39 is 17.9 Å². The van der Waals surface area contributed by atoms with Crippen LogP contribution >= 0.6 is 11.6 Å². The number of hydrogen-bond donors (Lipinski definition) is 1. The van der Waals surface area contributed by atoms with Crippen molar-refractivity contribution in [1.29, 1.82) is 0 Å². The molecule has 21 heavy (non-hydrogen) atoms. The van der Waals surface area contributed by atoms with Crippen LogP contribution in [0.1, 0.15) is 5.56 Å². The van der Waals surface area contributed by atoms with Gasteiger partial charge in [-0.15, -0.1) is 0 Å². The molecule has 0 unspecified atom stereocenters. The topological polar surface area (TPSA) is 46.9 Å². The summed E-state index contributed by atoms with van der Waals surface area (Å²) < 4.78 is 50.4. The van der Waals surface area contributed by atoms with Gasteiger partial charge in [0.15, 0.2) is 0 Å². The van der Waals surface area contributed by atoms with Crippen molar-refractivity contribution in [2.24, 2.45) is 0 Å². The van der Waals surface area contributed by atoms with Crippen LogP contribution in [0.2, 0.25) is 5.02 Å². The Hall–Kier alpha value is -2.09. The summed E-state index contributed by atoms with van der Waals surface area (Å²) in [7, 11) is 0. The monoisotopic (exact) mass is 321 g/mol. The maximum atomic E-state index is 12.9. The molecule has 0 aliphatic heterocycles. The standard InChI is InChI=1S/C12H8ClF4N3O/c13-10-3-8(14)2-1-7(10)5-20-6-9(4-18-20)19-11(21)12(15,16)17/h1-4,6H,5H2,(H,19,21). The van der Waals surface area contributed by atoms with Gasteiger partial charge in [0.05, 0.1) is 18.4 Å². The number of anilines is 1. The molecule has 0 aliphatic carbocycles. The van der Waals surface area contributed by atoms with Crippen LogP contribution in [-0.4, -0.2) is 21.9 Å². The number of rotatable bonds is 3. The summed E-state index contributed by atoms with van der Waals surface area (Å²) in [5.74, 6) is -2.58. The molecule has 1 heterocycles. The van der Waals surface area contributed by atoms with Gasteiger partial charge in [-0.25, -0.2) is 4.39 Å². The van der Waals surface area contributed by atoms with Gasteiger partial charge >= 0.3 is 12.1 Å². The Labute approximate surface area is 121 Å². The second-order valence-electron chi connectivity index (χ2n) is 4.11. The zero-order chi connectivity index (χ0) is 15.6. The van der Waals surface area contributed by atoms with Crippen LogP contribution in [-0.2, 0) is 11.3 Å². The number of hydrogen-bond acceptors (Lipinski definition) is 2. The summed E-state index contributed by atoms with van der Waals surface area (Å²) in [6.07, 6.45) is -2.69. The first kappa shape index (κ1) is 15.3. The van der Waals surface area contributed by atoms with Crippen molar-refractivity contribution in [2.45, 2.75) is 12.7 Å². The minimum atomic E-state index is -4.97. The van der Waals surface area contributed by atoms with E-state index in [9.17, 15) is 22.4 Å². The van der Waals surface area contributed by atoms with Gasteiger partial charge in [0.25, 0.3) is 0 Å². The number of carbonyl (C=O) groups excluding carboxylic acids is 1. The number of aromatic nitrogens is 2. The van der Waals surface area contributed by atoms with Crippen LogP contribution in [0.4, 0.5) is 23.2 Å². The Morgan fingerprint density at radius 3 is 2.71 bits per heavy atom. The van der Waals surface area contributed by atoms with E-state index in [1.165, 1.54) is 23.0 Å². The second kappa shape index (κ2) is 5.72. The molecule has 0 fully saturated rings. The van der Waals surface area contributed by atoms with E-state index in [0.717, 1.165) is 12.3 Å². The Kier molecular flexibility index (Phi) is 4.17.